The standard InChI is InChI=1S/C10H24NO4P/c1-9(2)11(10(3)4)16(13,14)15-8-6-5-7-12/h7,9-10,13-14,16H,5-6,8H2,1-4H3. The van der Waals surface area contributed by atoms with Gasteiger partial charge in [-0.25, -0.2) is 0 Å². The molecule has 16 heavy (non-hydrogen) atoms. The zero-order valence-corrected chi connectivity index (χ0v) is 11.5. The minimum absolute atomic E-state index is 0.00716. The summed E-state index contributed by atoms with van der Waals surface area (Å²) in [7, 11) is -3.79. The quantitative estimate of drug-likeness (QED) is 0.389. The van der Waals surface area contributed by atoms with E-state index < -0.39 is 8.09 Å². The van der Waals surface area contributed by atoms with E-state index in [2.05, 4.69) is 0 Å². The van der Waals surface area contributed by atoms with Crippen molar-refractivity contribution in [1.82, 2.24) is 4.67 Å². The molecule has 6 heteroatoms. The minimum atomic E-state index is -3.79. The maximum absolute atomic E-state index is 10.1. The molecule has 98 valence electrons. The van der Waals surface area contributed by atoms with E-state index in [4.69, 9.17) is 4.52 Å². The third-order valence-electron chi connectivity index (χ3n) is 2.21. The van der Waals surface area contributed by atoms with Crippen molar-refractivity contribution in [3.05, 3.63) is 0 Å². The summed E-state index contributed by atoms with van der Waals surface area (Å²) in [5.74, 6) is 0. The van der Waals surface area contributed by atoms with Gasteiger partial charge in [0.25, 0.3) is 0 Å². The Hall–Kier alpha value is -0.0600. The first-order chi connectivity index (χ1) is 7.33. The second-order valence-corrected chi connectivity index (χ2v) is 6.28. The second kappa shape index (κ2) is 7.30. The fourth-order valence-corrected chi connectivity index (χ4v) is 3.63. The molecule has 0 rings (SSSR count). The van der Waals surface area contributed by atoms with E-state index in [1.807, 2.05) is 27.7 Å². The van der Waals surface area contributed by atoms with Crippen molar-refractivity contribution in [2.75, 3.05) is 6.61 Å². The van der Waals surface area contributed by atoms with Crippen LogP contribution in [0, 0.1) is 0 Å². The number of hydrogen-bond donors (Lipinski definition) is 2. The molecule has 0 bridgehead atoms. The molecule has 5 nitrogen and oxygen atoms in total. The van der Waals surface area contributed by atoms with Crippen molar-refractivity contribution < 1.29 is 19.1 Å². The van der Waals surface area contributed by atoms with Gasteiger partial charge in [0.2, 0.25) is 0 Å². The summed E-state index contributed by atoms with van der Waals surface area (Å²) in [6.07, 6.45) is 1.70. The molecule has 0 saturated carbocycles. The van der Waals surface area contributed by atoms with Gasteiger partial charge in [-0.05, 0) is 0 Å². The Morgan fingerprint density at radius 1 is 1.25 bits per heavy atom. The number of nitrogens with zero attached hydrogens (tertiary/aromatic N) is 1. The molecule has 0 aromatic rings. The summed E-state index contributed by atoms with van der Waals surface area (Å²) in [5, 5.41) is 0. The van der Waals surface area contributed by atoms with Crippen LogP contribution in [0.25, 0.3) is 0 Å². The summed E-state index contributed by atoms with van der Waals surface area (Å²) < 4.78 is 6.72. The Bertz CT molecular complexity index is 201. The maximum atomic E-state index is 10.1. The van der Waals surface area contributed by atoms with Crippen LogP contribution < -0.4 is 0 Å². The molecule has 0 amide bonds. The van der Waals surface area contributed by atoms with Crippen LogP contribution in [0.2, 0.25) is 0 Å². The molecule has 0 fully saturated rings. The van der Waals surface area contributed by atoms with E-state index in [9.17, 15) is 14.6 Å². The van der Waals surface area contributed by atoms with Crippen LogP contribution in [0.4, 0.5) is 0 Å². The predicted molar refractivity (Wildman–Crippen MR) is 66.1 cm³/mol. The van der Waals surface area contributed by atoms with Crippen LogP contribution in [0.5, 0.6) is 0 Å². The fraction of sp³-hybridized carbons (Fsp3) is 0.900. The molecule has 0 aliphatic heterocycles. The van der Waals surface area contributed by atoms with Crippen molar-refractivity contribution in [1.29, 1.82) is 0 Å². The normalized spacial score (nSPS) is 13.8. The first kappa shape index (κ1) is 15.9. The summed E-state index contributed by atoms with van der Waals surface area (Å²) in [4.78, 5) is 29.9. The molecule has 0 aromatic carbocycles. The molecule has 0 saturated heterocycles. The summed E-state index contributed by atoms with van der Waals surface area (Å²) in [6.45, 7) is 7.77. The Morgan fingerprint density at radius 3 is 2.12 bits per heavy atom. The first-order valence-electron chi connectivity index (χ1n) is 5.63. The number of aldehydes is 1. The molecule has 0 atom stereocenters. The fourth-order valence-electron chi connectivity index (χ4n) is 1.72. The summed E-state index contributed by atoms with van der Waals surface area (Å²) in [6, 6.07) is 0.0143. The third kappa shape index (κ3) is 5.32. The Labute approximate surface area is 98.0 Å². The molecule has 0 heterocycles. The van der Waals surface area contributed by atoms with E-state index in [1.54, 1.807) is 4.67 Å². The van der Waals surface area contributed by atoms with Gasteiger partial charge in [-0.3, -0.25) is 0 Å². The van der Waals surface area contributed by atoms with E-state index in [0.29, 0.717) is 12.8 Å². The van der Waals surface area contributed by atoms with Crippen LogP contribution in [0.3, 0.4) is 0 Å². The molecular formula is C10H24NO4P. The van der Waals surface area contributed by atoms with Gasteiger partial charge >= 0.3 is 97.4 Å². The van der Waals surface area contributed by atoms with E-state index in [-0.39, 0.29) is 18.7 Å². The predicted octanol–water partition coefficient (Wildman–Crippen LogP) is 1.50. The topological polar surface area (TPSA) is 70.0 Å². The van der Waals surface area contributed by atoms with Gasteiger partial charge in [0, 0.05) is 0 Å². The van der Waals surface area contributed by atoms with Crippen LogP contribution in [0.15, 0.2) is 0 Å². The Morgan fingerprint density at radius 2 is 1.75 bits per heavy atom. The van der Waals surface area contributed by atoms with E-state index in [1.165, 1.54) is 0 Å². The molecule has 2 N–H and O–H groups in total. The number of rotatable bonds is 8. The number of hydrogen-bond acceptors (Lipinski definition) is 5. The van der Waals surface area contributed by atoms with Gasteiger partial charge in [-0.15, -0.1) is 0 Å². The number of unbranched alkanes of at least 4 members (excludes halogenated alkanes) is 1. The molecule has 0 radical (unpaired) electrons. The molecule has 0 aromatic heterocycles. The third-order valence-corrected chi connectivity index (χ3v) is 4.51. The summed E-state index contributed by atoms with van der Waals surface area (Å²) >= 11 is 0. The van der Waals surface area contributed by atoms with Crippen molar-refractivity contribution >= 4 is 14.4 Å². The average molecular weight is 253 g/mol. The summed E-state index contributed by atoms with van der Waals surface area (Å²) in [5.41, 5.74) is 0. The van der Waals surface area contributed by atoms with Gasteiger partial charge in [0.1, 0.15) is 0 Å². The Kier molecular flexibility index (Phi) is 7.27. The Balaban J connectivity index is 4.30. The van der Waals surface area contributed by atoms with E-state index in [0.717, 1.165) is 6.29 Å². The first-order valence-corrected chi connectivity index (χ1v) is 7.38. The SMILES string of the molecule is CC(C)N(C(C)C)[PH](O)(O)OCCCC=O. The van der Waals surface area contributed by atoms with Gasteiger partial charge < -0.3 is 0 Å². The second-order valence-electron chi connectivity index (χ2n) is 4.33. The van der Waals surface area contributed by atoms with Crippen LogP contribution in [0.1, 0.15) is 40.5 Å². The van der Waals surface area contributed by atoms with Crippen molar-refractivity contribution in [2.24, 2.45) is 0 Å². The van der Waals surface area contributed by atoms with Gasteiger partial charge in [0.15, 0.2) is 0 Å². The monoisotopic (exact) mass is 253 g/mol. The van der Waals surface area contributed by atoms with Gasteiger partial charge in [0.05, 0.1) is 0 Å². The molecule has 0 spiro atoms. The van der Waals surface area contributed by atoms with Crippen LogP contribution >= 0.6 is 8.09 Å². The zero-order chi connectivity index (χ0) is 12.8. The van der Waals surface area contributed by atoms with Gasteiger partial charge in [-0.2, -0.15) is 0 Å². The molecular weight excluding hydrogens is 229 g/mol. The van der Waals surface area contributed by atoms with E-state index >= 15 is 0 Å². The number of carbonyl (C=O) groups excluding carboxylic acids is 1. The molecule has 0 aliphatic carbocycles. The van der Waals surface area contributed by atoms with Crippen molar-refractivity contribution in [3.8, 4) is 0 Å². The average Bonchev–Trinajstić information content (AvgIpc) is 2.10. The van der Waals surface area contributed by atoms with Crippen molar-refractivity contribution in [3.63, 3.8) is 0 Å². The molecule has 0 aliphatic rings. The number of carbonyl (C=O) groups is 1. The van der Waals surface area contributed by atoms with Crippen LogP contribution in [-0.4, -0.2) is 39.4 Å². The molecule has 0 unspecified atom stereocenters. The van der Waals surface area contributed by atoms with Crippen molar-refractivity contribution in [2.45, 2.75) is 52.6 Å². The zero-order valence-electron chi connectivity index (χ0n) is 10.5. The van der Waals surface area contributed by atoms with Gasteiger partial charge in [-0.1, -0.05) is 0 Å². The van der Waals surface area contributed by atoms with Crippen LogP contribution in [-0.2, 0) is 9.32 Å².